The molecule has 0 saturated carbocycles. The van der Waals surface area contributed by atoms with E-state index in [1.54, 1.807) is 7.11 Å². The molecule has 1 aliphatic rings. The molecular weight excluding hydrogens is 228 g/mol. The van der Waals surface area contributed by atoms with E-state index in [9.17, 15) is 5.26 Å². The van der Waals surface area contributed by atoms with Crippen LogP contribution in [0.5, 0.6) is 5.75 Å². The summed E-state index contributed by atoms with van der Waals surface area (Å²) in [4.78, 5) is 2.14. The normalized spacial score (nSPS) is 22.2. The van der Waals surface area contributed by atoms with Gasteiger partial charge in [-0.25, -0.2) is 0 Å². The highest BCUT2D eigenvalue weighted by molar-refractivity contribution is 5.38. The van der Waals surface area contributed by atoms with Crippen LogP contribution in [-0.2, 0) is 4.74 Å². The molecule has 2 rings (SSSR count). The van der Waals surface area contributed by atoms with Gasteiger partial charge < -0.3 is 9.47 Å². The summed E-state index contributed by atoms with van der Waals surface area (Å²) < 4.78 is 10.8. The first-order valence-corrected chi connectivity index (χ1v) is 6.14. The molecule has 1 fully saturated rings. The quantitative estimate of drug-likeness (QED) is 0.818. The predicted octanol–water partition coefficient (Wildman–Crippen LogP) is 1.98. The average Bonchev–Trinajstić information content (AvgIpc) is 2.40. The molecule has 0 aromatic heterocycles. The number of methoxy groups -OCH3 is 1. The van der Waals surface area contributed by atoms with Crippen LogP contribution in [0.4, 0.5) is 0 Å². The van der Waals surface area contributed by atoms with Gasteiger partial charge >= 0.3 is 0 Å². The first kappa shape index (κ1) is 12.9. The van der Waals surface area contributed by atoms with E-state index in [4.69, 9.17) is 9.47 Å². The minimum absolute atomic E-state index is 0.171. The molecule has 1 saturated heterocycles. The molecule has 0 unspecified atom stereocenters. The highest BCUT2D eigenvalue weighted by atomic mass is 16.5. The van der Waals surface area contributed by atoms with E-state index in [0.717, 1.165) is 24.4 Å². The highest BCUT2D eigenvalue weighted by Crippen LogP contribution is 2.29. The van der Waals surface area contributed by atoms with E-state index >= 15 is 0 Å². The number of morpholine rings is 1. The van der Waals surface area contributed by atoms with Gasteiger partial charge in [-0.1, -0.05) is 18.2 Å². The number of hydrogen-bond acceptors (Lipinski definition) is 4. The maximum Gasteiger partial charge on any atom is 0.127 e. The van der Waals surface area contributed by atoms with Gasteiger partial charge in [-0.2, -0.15) is 5.26 Å². The van der Waals surface area contributed by atoms with Crippen molar-refractivity contribution < 1.29 is 9.47 Å². The standard InChI is InChI=1S/C14H18N2O2/c1-11-10-16(7-8-18-11)13(9-15)12-5-3-4-6-14(12)17-2/h3-6,11,13H,7-8,10H2,1-2H3/t11-,13+/m1/s1. The lowest BCUT2D eigenvalue weighted by molar-refractivity contribution is -0.0271. The van der Waals surface area contributed by atoms with E-state index in [-0.39, 0.29) is 12.1 Å². The Hall–Kier alpha value is -1.57. The Morgan fingerprint density at radius 3 is 2.94 bits per heavy atom. The second-order valence-electron chi connectivity index (χ2n) is 4.45. The van der Waals surface area contributed by atoms with Gasteiger partial charge in [-0.3, -0.25) is 4.90 Å². The second kappa shape index (κ2) is 5.85. The number of benzene rings is 1. The van der Waals surface area contributed by atoms with Crippen molar-refractivity contribution in [3.8, 4) is 11.8 Å². The Bertz CT molecular complexity index is 442. The van der Waals surface area contributed by atoms with Crippen molar-refractivity contribution in [1.29, 1.82) is 5.26 Å². The van der Waals surface area contributed by atoms with Crippen LogP contribution in [0.3, 0.4) is 0 Å². The Morgan fingerprint density at radius 1 is 1.50 bits per heavy atom. The fourth-order valence-electron chi connectivity index (χ4n) is 2.32. The molecule has 1 aromatic carbocycles. The van der Waals surface area contributed by atoms with Crippen LogP contribution in [0.15, 0.2) is 24.3 Å². The summed E-state index contributed by atoms with van der Waals surface area (Å²) in [6, 6.07) is 9.80. The van der Waals surface area contributed by atoms with Crippen LogP contribution in [-0.4, -0.2) is 37.8 Å². The topological polar surface area (TPSA) is 45.5 Å². The minimum atomic E-state index is -0.271. The Balaban J connectivity index is 2.25. The molecule has 18 heavy (non-hydrogen) atoms. The van der Waals surface area contributed by atoms with Crippen LogP contribution in [0.2, 0.25) is 0 Å². The number of hydrogen-bond donors (Lipinski definition) is 0. The van der Waals surface area contributed by atoms with Crippen molar-refractivity contribution >= 4 is 0 Å². The monoisotopic (exact) mass is 246 g/mol. The van der Waals surface area contributed by atoms with Crippen molar-refractivity contribution in [1.82, 2.24) is 4.90 Å². The summed E-state index contributed by atoms with van der Waals surface area (Å²) in [5.74, 6) is 0.767. The van der Waals surface area contributed by atoms with E-state index in [2.05, 4.69) is 11.0 Å². The maximum absolute atomic E-state index is 9.45. The minimum Gasteiger partial charge on any atom is -0.496 e. The fraction of sp³-hybridized carbons (Fsp3) is 0.500. The zero-order chi connectivity index (χ0) is 13.0. The number of nitrogens with zero attached hydrogens (tertiary/aromatic N) is 2. The third kappa shape index (κ3) is 2.63. The molecule has 0 bridgehead atoms. The molecule has 0 N–H and O–H groups in total. The lowest BCUT2D eigenvalue weighted by Gasteiger charge is -2.34. The molecular formula is C14H18N2O2. The Kier molecular flexibility index (Phi) is 4.19. The molecule has 4 nitrogen and oxygen atoms in total. The molecule has 0 spiro atoms. The smallest absolute Gasteiger partial charge is 0.127 e. The predicted molar refractivity (Wildman–Crippen MR) is 68.3 cm³/mol. The van der Waals surface area contributed by atoms with Crippen LogP contribution in [0.1, 0.15) is 18.5 Å². The van der Waals surface area contributed by atoms with Crippen LogP contribution in [0, 0.1) is 11.3 Å². The van der Waals surface area contributed by atoms with Crippen molar-refractivity contribution in [3.63, 3.8) is 0 Å². The van der Waals surface area contributed by atoms with Crippen molar-refractivity contribution in [3.05, 3.63) is 29.8 Å². The van der Waals surface area contributed by atoms with Gasteiger partial charge in [0, 0.05) is 18.7 Å². The molecule has 4 heteroatoms. The van der Waals surface area contributed by atoms with Crippen molar-refractivity contribution in [2.45, 2.75) is 19.1 Å². The molecule has 1 aromatic rings. The van der Waals surface area contributed by atoms with E-state index < -0.39 is 0 Å². The van der Waals surface area contributed by atoms with Gasteiger partial charge in [-0.05, 0) is 13.0 Å². The molecule has 2 atom stereocenters. The fourth-order valence-corrected chi connectivity index (χ4v) is 2.32. The first-order valence-electron chi connectivity index (χ1n) is 6.14. The van der Waals surface area contributed by atoms with Gasteiger partial charge in [0.05, 0.1) is 25.9 Å². The summed E-state index contributed by atoms with van der Waals surface area (Å²) in [6.07, 6.45) is 0.171. The molecule has 1 heterocycles. The van der Waals surface area contributed by atoms with Crippen LogP contribution >= 0.6 is 0 Å². The van der Waals surface area contributed by atoms with E-state index in [0.29, 0.717) is 6.61 Å². The lowest BCUT2D eigenvalue weighted by Crippen LogP contribution is -2.42. The second-order valence-corrected chi connectivity index (χ2v) is 4.45. The zero-order valence-corrected chi connectivity index (χ0v) is 10.8. The number of nitriles is 1. The molecule has 0 aliphatic carbocycles. The third-order valence-electron chi connectivity index (χ3n) is 3.19. The van der Waals surface area contributed by atoms with Gasteiger partial charge in [0.15, 0.2) is 0 Å². The van der Waals surface area contributed by atoms with Gasteiger partial charge in [0.25, 0.3) is 0 Å². The third-order valence-corrected chi connectivity index (χ3v) is 3.19. The van der Waals surface area contributed by atoms with Crippen LogP contribution in [0.25, 0.3) is 0 Å². The van der Waals surface area contributed by atoms with Crippen LogP contribution < -0.4 is 4.74 Å². The summed E-state index contributed by atoms with van der Waals surface area (Å²) >= 11 is 0. The Labute approximate surface area is 108 Å². The Morgan fingerprint density at radius 2 is 2.28 bits per heavy atom. The summed E-state index contributed by atoms with van der Waals surface area (Å²) in [5.41, 5.74) is 0.927. The number of para-hydroxylation sites is 1. The average molecular weight is 246 g/mol. The summed E-state index contributed by atoms with van der Waals surface area (Å²) in [5, 5.41) is 9.45. The first-order chi connectivity index (χ1) is 8.76. The van der Waals surface area contributed by atoms with Crippen molar-refractivity contribution in [2.24, 2.45) is 0 Å². The molecule has 96 valence electrons. The summed E-state index contributed by atoms with van der Waals surface area (Å²) in [7, 11) is 1.63. The number of rotatable bonds is 3. The molecule has 0 amide bonds. The van der Waals surface area contributed by atoms with E-state index in [1.165, 1.54) is 0 Å². The highest BCUT2D eigenvalue weighted by Gasteiger charge is 2.27. The summed E-state index contributed by atoms with van der Waals surface area (Å²) in [6.45, 7) is 4.26. The van der Waals surface area contributed by atoms with Gasteiger partial charge in [-0.15, -0.1) is 0 Å². The maximum atomic E-state index is 9.45. The van der Waals surface area contributed by atoms with Gasteiger partial charge in [0.1, 0.15) is 11.8 Å². The number of ether oxygens (including phenoxy) is 2. The zero-order valence-electron chi connectivity index (χ0n) is 10.8. The SMILES string of the molecule is COc1ccccc1[C@H](C#N)N1CCO[C@H](C)C1. The van der Waals surface area contributed by atoms with Crippen molar-refractivity contribution in [2.75, 3.05) is 26.8 Å². The molecule has 0 radical (unpaired) electrons. The molecule has 1 aliphatic heterocycles. The largest absolute Gasteiger partial charge is 0.496 e. The van der Waals surface area contributed by atoms with E-state index in [1.807, 2.05) is 31.2 Å². The van der Waals surface area contributed by atoms with Gasteiger partial charge in [0.2, 0.25) is 0 Å². The lowest BCUT2D eigenvalue weighted by atomic mass is 10.0.